The molecule has 5 aromatic rings. The molecule has 0 radical (unpaired) electrons. The van der Waals surface area contributed by atoms with Gasteiger partial charge in [-0.2, -0.15) is 0 Å². The van der Waals surface area contributed by atoms with Crippen LogP contribution in [0, 0.1) is 0 Å². The standard InChI is InChI=1S/C38H40Cl2N8O4/c1-38(2,3)52-37(51)48-16-13-30-29(21-48)44-35(46(30)4)36(50)45-28-10-6-8-26(32(28)40)25-7-5-9-27(31(25)39)43-34-33-23(11-14-41-34)17-22(18-42-33)19-47-15-12-24(49)20-47/h5-11,14,17-18,24,49H,12-13,15-16,19-21H2,1-4H3,(H,41,43)(H,45,50). The lowest BCUT2D eigenvalue weighted by Crippen LogP contribution is -2.40. The number of aliphatic hydroxyl groups is 1. The van der Waals surface area contributed by atoms with E-state index in [0.717, 1.165) is 36.2 Å². The van der Waals surface area contributed by atoms with E-state index in [4.69, 9.17) is 32.9 Å². The summed E-state index contributed by atoms with van der Waals surface area (Å²) < 4.78 is 7.30. The first-order chi connectivity index (χ1) is 24.8. The molecule has 0 bridgehead atoms. The third kappa shape index (κ3) is 7.42. The van der Waals surface area contributed by atoms with E-state index in [2.05, 4.69) is 31.6 Å². The monoisotopic (exact) mass is 742 g/mol. The van der Waals surface area contributed by atoms with Crippen molar-refractivity contribution in [3.63, 3.8) is 0 Å². The zero-order valence-corrected chi connectivity index (χ0v) is 30.9. The Morgan fingerprint density at radius 2 is 1.75 bits per heavy atom. The van der Waals surface area contributed by atoms with E-state index < -0.39 is 17.6 Å². The summed E-state index contributed by atoms with van der Waals surface area (Å²) in [6.07, 6.45) is 4.21. The van der Waals surface area contributed by atoms with Gasteiger partial charge in [0, 0.05) is 74.2 Å². The lowest BCUT2D eigenvalue weighted by Gasteiger charge is -2.29. The first-order valence-corrected chi connectivity index (χ1v) is 17.9. The fourth-order valence-electron chi connectivity index (χ4n) is 6.69. The van der Waals surface area contributed by atoms with Crippen molar-refractivity contribution >= 4 is 63.3 Å². The minimum Gasteiger partial charge on any atom is -0.444 e. The van der Waals surface area contributed by atoms with E-state index in [9.17, 15) is 14.7 Å². The maximum atomic E-state index is 13.6. The van der Waals surface area contributed by atoms with Crippen molar-refractivity contribution in [3.05, 3.63) is 93.7 Å². The fourth-order valence-corrected chi connectivity index (χ4v) is 7.24. The molecule has 270 valence electrons. The summed E-state index contributed by atoms with van der Waals surface area (Å²) in [5.74, 6) is 0.329. The van der Waals surface area contributed by atoms with Gasteiger partial charge in [0.05, 0.1) is 39.8 Å². The molecule has 2 aliphatic rings. The topological polar surface area (TPSA) is 138 Å². The Bertz CT molecular complexity index is 2180. The van der Waals surface area contributed by atoms with Gasteiger partial charge in [-0.05, 0) is 57.0 Å². The number of β-amino-alcohol motifs (C(OH)–C–C–N with tert-alkyl or cyclic N) is 1. The second-order valence-electron chi connectivity index (χ2n) is 14.2. The molecule has 0 saturated carbocycles. The number of carbonyl (C=O) groups excluding carboxylic acids is 2. The molecule has 0 aliphatic carbocycles. The minimum atomic E-state index is -0.612. The molecule has 2 amide bonds. The zero-order chi connectivity index (χ0) is 36.7. The van der Waals surface area contributed by atoms with Crippen molar-refractivity contribution in [1.29, 1.82) is 0 Å². The molecule has 12 nitrogen and oxygen atoms in total. The predicted molar refractivity (Wildman–Crippen MR) is 202 cm³/mol. The Labute approximate surface area is 311 Å². The summed E-state index contributed by atoms with van der Waals surface area (Å²) in [5.41, 5.74) is 4.98. The van der Waals surface area contributed by atoms with Crippen LogP contribution in [0.25, 0.3) is 22.0 Å². The van der Waals surface area contributed by atoms with Gasteiger partial charge >= 0.3 is 6.09 Å². The van der Waals surface area contributed by atoms with Crippen LogP contribution < -0.4 is 10.6 Å². The van der Waals surface area contributed by atoms with Crippen molar-refractivity contribution in [2.45, 2.75) is 58.4 Å². The Morgan fingerprint density at radius 3 is 2.46 bits per heavy atom. The molecule has 1 unspecified atom stereocenters. The van der Waals surface area contributed by atoms with Gasteiger partial charge in [-0.3, -0.25) is 14.7 Å². The maximum Gasteiger partial charge on any atom is 0.410 e. The van der Waals surface area contributed by atoms with Crippen LogP contribution in [0.2, 0.25) is 10.0 Å². The highest BCUT2D eigenvalue weighted by Crippen LogP contribution is 2.41. The van der Waals surface area contributed by atoms with Crippen molar-refractivity contribution in [3.8, 4) is 11.1 Å². The molecule has 2 aromatic carbocycles. The number of nitrogens with zero attached hydrogens (tertiary/aromatic N) is 6. The van der Waals surface area contributed by atoms with Crippen molar-refractivity contribution < 1.29 is 19.4 Å². The highest BCUT2D eigenvalue weighted by atomic mass is 35.5. The number of carbonyl (C=O) groups is 2. The first-order valence-electron chi connectivity index (χ1n) is 17.2. The number of pyridine rings is 2. The smallest absolute Gasteiger partial charge is 0.410 e. The number of ether oxygens (including phenoxy) is 1. The molecule has 1 fully saturated rings. The molecule has 2 aliphatic heterocycles. The van der Waals surface area contributed by atoms with Gasteiger partial charge < -0.3 is 29.9 Å². The van der Waals surface area contributed by atoms with Gasteiger partial charge in [-0.15, -0.1) is 0 Å². The quantitative estimate of drug-likeness (QED) is 0.158. The number of amides is 2. The summed E-state index contributed by atoms with van der Waals surface area (Å²) >= 11 is 14.0. The Balaban J connectivity index is 1.09. The van der Waals surface area contributed by atoms with Crippen molar-refractivity contribution in [2.24, 2.45) is 7.05 Å². The van der Waals surface area contributed by atoms with E-state index in [1.165, 1.54) is 0 Å². The van der Waals surface area contributed by atoms with Gasteiger partial charge in [-0.25, -0.2) is 14.8 Å². The molecule has 3 N–H and O–H groups in total. The van der Waals surface area contributed by atoms with Crippen LogP contribution in [-0.2, 0) is 31.3 Å². The van der Waals surface area contributed by atoms with Gasteiger partial charge in [0.15, 0.2) is 11.6 Å². The molecular weight excluding hydrogens is 703 g/mol. The number of anilines is 3. The van der Waals surface area contributed by atoms with Gasteiger partial charge in [0.25, 0.3) is 5.91 Å². The number of benzene rings is 2. The summed E-state index contributed by atoms with van der Waals surface area (Å²) in [6.45, 7) is 8.44. The van der Waals surface area contributed by atoms with Crippen LogP contribution in [0.5, 0.6) is 0 Å². The summed E-state index contributed by atoms with van der Waals surface area (Å²) in [6, 6.07) is 15.0. The van der Waals surface area contributed by atoms with Gasteiger partial charge in [0.2, 0.25) is 0 Å². The summed E-state index contributed by atoms with van der Waals surface area (Å²) in [5, 5.41) is 17.8. The number of hydrogen-bond acceptors (Lipinski definition) is 9. The summed E-state index contributed by atoms with van der Waals surface area (Å²) in [4.78, 5) is 44.0. The van der Waals surface area contributed by atoms with E-state index >= 15 is 0 Å². The second kappa shape index (κ2) is 14.3. The molecule has 14 heteroatoms. The Morgan fingerprint density at radius 1 is 1.02 bits per heavy atom. The van der Waals surface area contributed by atoms with E-state index in [0.29, 0.717) is 69.1 Å². The van der Waals surface area contributed by atoms with Crippen LogP contribution in [0.15, 0.2) is 60.9 Å². The number of likely N-dealkylation sites (tertiary alicyclic amines) is 1. The molecule has 5 heterocycles. The molecular formula is C38H40Cl2N8O4. The summed E-state index contributed by atoms with van der Waals surface area (Å²) in [7, 11) is 1.79. The number of fused-ring (bicyclic) bond motifs is 2. The van der Waals surface area contributed by atoms with Crippen molar-refractivity contribution in [2.75, 3.05) is 30.3 Å². The predicted octanol–water partition coefficient (Wildman–Crippen LogP) is 7.19. The van der Waals surface area contributed by atoms with Crippen LogP contribution in [0.4, 0.5) is 22.0 Å². The Hall–Kier alpha value is -4.75. The number of aromatic nitrogens is 4. The second-order valence-corrected chi connectivity index (χ2v) is 15.0. The first kappa shape index (κ1) is 35.6. The SMILES string of the molecule is Cn1c(C(=O)Nc2cccc(-c3cccc(Nc4nccc5cc(CN6CCC(O)C6)cnc45)c3Cl)c2Cl)nc2c1CCN(C(=O)OC(C)(C)C)C2. The third-order valence-electron chi connectivity index (χ3n) is 9.21. The number of halogens is 2. The molecule has 1 atom stereocenters. The highest BCUT2D eigenvalue weighted by Gasteiger charge is 2.30. The maximum absolute atomic E-state index is 13.6. The molecule has 7 rings (SSSR count). The van der Waals surface area contributed by atoms with Crippen molar-refractivity contribution in [1.82, 2.24) is 29.3 Å². The average Bonchev–Trinajstić information content (AvgIpc) is 3.67. The Kier molecular flexibility index (Phi) is 9.83. The lowest BCUT2D eigenvalue weighted by atomic mass is 10.0. The van der Waals surface area contributed by atoms with Crippen LogP contribution in [-0.4, -0.2) is 77.8 Å². The fraction of sp³-hybridized carbons (Fsp3) is 0.342. The van der Waals surface area contributed by atoms with Crippen LogP contribution in [0.1, 0.15) is 54.8 Å². The van der Waals surface area contributed by atoms with Gasteiger partial charge in [0.1, 0.15) is 11.1 Å². The number of imidazole rings is 1. The zero-order valence-electron chi connectivity index (χ0n) is 29.4. The van der Waals surface area contributed by atoms with E-state index in [1.54, 1.807) is 34.8 Å². The van der Waals surface area contributed by atoms with Crippen LogP contribution in [0.3, 0.4) is 0 Å². The largest absolute Gasteiger partial charge is 0.444 e. The highest BCUT2D eigenvalue weighted by molar-refractivity contribution is 6.39. The molecule has 3 aromatic heterocycles. The number of hydrogen-bond donors (Lipinski definition) is 3. The number of nitrogens with one attached hydrogen (secondary N) is 2. The lowest BCUT2D eigenvalue weighted by molar-refractivity contribution is 0.0220. The van der Waals surface area contributed by atoms with Gasteiger partial charge in [-0.1, -0.05) is 47.5 Å². The minimum absolute atomic E-state index is 0.208. The molecule has 0 spiro atoms. The normalized spacial score (nSPS) is 16.2. The number of rotatable bonds is 7. The molecule has 1 saturated heterocycles. The average molecular weight is 744 g/mol. The van der Waals surface area contributed by atoms with Crippen LogP contribution >= 0.6 is 23.2 Å². The third-order valence-corrected chi connectivity index (χ3v) is 10.0. The van der Waals surface area contributed by atoms with E-state index in [1.807, 2.05) is 57.3 Å². The molecule has 52 heavy (non-hydrogen) atoms. The number of aliphatic hydroxyl groups excluding tert-OH is 1. The van der Waals surface area contributed by atoms with E-state index in [-0.39, 0.29) is 18.5 Å².